The first-order chi connectivity index (χ1) is 9.99. The van der Waals surface area contributed by atoms with Crippen LogP contribution in [-0.4, -0.2) is 61.4 Å². The first-order valence-corrected chi connectivity index (χ1v) is 6.53. The normalized spacial score (nSPS) is 16.2. The molecule has 1 fully saturated rings. The van der Waals surface area contributed by atoms with Crippen molar-refractivity contribution >= 4 is 17.8 Å². The second-order valence-corrected chi connectivity index (χ2v) is 4.94. The minimum absolute atomic E-state index is 0.0567. The number of urea groups is 1. The van der Waals surface area contributed by atoms with Crippen LogP contribution in [0, 0.1) is 0 Å². The van der Waals surface area contributed by atoms with Crippen LogP contribution in [0.15, 0.2) is 22.8 Å². The van der Waals surface area contributed by atoms with E-state index in [1.807, 2.05) is 25.1 Å². The van der Waals surface area contributed by atoms with Gasteiger partial charge in [0, 0.05) is 6.54 Å². The first-order valence-electron chi connectivity index (χ1n) is 6.53. The van der Waals surface area contributed by atoms with Crippen LogP contribution in [0.25, 0.3) is 0 Å². The zero-order chi connectivity index (χ0) is 15.4. The van der Waals surface area contributed by atoms with E-state index >= 15 is 0 Å². The van der Waals surface area contributed by atoms with Crippen molar-refractivity contribution in [1.82, 2.24) is 20.4 Å². The highest BCUT2D eigenvalue weighted by Crippen LogP contribution is 2.17. The van der Waals surface area contributed by atoms with Crippen LogP contribution in [0.4, 0.5) is 4.79 Å². The van der Waals surface area contributed by atoms with Crippen molar-refractivity contribution in [3.8, 4) is 0 Å². The second-order valence-electron chi connectivity index (χ2n) is 4.94. The molecular weight excluding hydrogens is 276 g/mol. The predicted octanol–water partition coefficient (Wildman–Crippen LogP) is -0.450. The van der Waals surface area contributed by atoms with Crippen molar-refractivity contribution in [2.45, 2.75) is 6.04 Å². The largest absolute Gasteiger partial charge is 0.468 e. The zero-order valence-corrected chi connectivity index (χ0v) is 12.0. The highest BCUT2D eigenvalue weighted by molar-refractivity contribution is 6.04. The van der Waals surface area contributed by atoms with Gasteiger partial charge in [-0.25, -0.2) is 4.79 Å². The molecule has 1 atom stereocenters. The van der Waals surface area contributed by atoms with Crippen LogP contribution in [0.3, 0.4) is 0 Å². The van der Waals surface area contributed by atoms with Gasteiger partial charge < -0.3 is 15.1 Å². The van der Waals surface area contributed by atoms with Gasteiger partial charge in [0.2, 0.25) is 5.91 Å². The summed E-state index contributed by atoms with van der Waals surface area (Å²) in [5.74, 6) is -0.0561. The van der Waals surface area contributed by atoms with Crippen LogP contribution < -0.4 is 10.6 Å². The topological polar surface area (TPSA) is 94.9 Å². The average Bonchev–Trinajstić information content (AvgIpc) is 3.04. The Hall–Kier alpha value is -2.35. The van der Waals surface area contributed by atoms with Crippen molar-refractivity contribution in [2.24, 2.45) is 0 Å². The standard InChI is InChI=1S/C13H18N4O4/c1-16(2)9(10-4-3-5-21-10)6-14-11(18)8-17-12(19)7-15-13(17)20/h3-5,9H,6-8H2,1-2H3,(H,14,18)(H,15,20). The van der Waals surface area contributed by atoms with Gasteiger partial charge in [-0.05, 0) is 26.2 Å². The summed E-state index contributed by atoms with van der Waals surface area (Å²) in [4.78, 5) is 37.4. The van der Waals surface area contributed by atoms with Gasteiger partial charge in [0.15, 0.2) is 0 Å². The minimum Gasteiger partial charge on any atom is -0.468 e. The van der Waals surface area contributed by atoms with Gasteiger partial charge in [-0.3, -0.25) is 19.4 Å². The summed E-state index contributed by atoms with van der Waals surface area (Å²) in [5, 5.41) is 5.07. The number of nitrogens with one attached hydrogen (secondary N) is 2. The Bertz CT molecular complexity index is 510. The van der Waals surface area contributed by atoms with E-state index in [4.69, 9.17) is 4.42 Å². The monoisotopic (exact) mass is 294 g/mol. The van der Waals surface area contributed by atoms with E-state index in [9.17, 15) is 14.4 Å². The smallest absolute Gasteiger partial charge is 0.325 e. The lowest BCUT2D eigenvalue weighted by molar-refractivity contribution is -0.130. The third kappa shape index (κ3) is 3.60. The number of imide groups is 1. The molecule has 0 aliphatic carbocycles. The Kier molecular flexibility index (Phi) is 4.59. The molecule has 2 heterocycles. The van der Waals surface area contributed by atoms with Crippen molar-refractivity contribution in [3.05, 3.63) is 24.2 Å². The lowest BCUT2D eigenvalue weighted by Crippen LogP contribution is -2.43. The summed E-state index contributed by atoms with van der Waals surface area (Å²) in [7, 11) is 3.74. The van der Waals surface area contributed by atoms with Gasteiger partial charge in [-0.15, -0.1) is 0 Å². The molecule has 21 heavy (non-hydrogen) atoms. The van der Waals surface area contributed by atoms with Gasteiger partial charge in [0.1, 0.15) is 12.3 Å². The third-order valence-corrected chi connectivity index (χ3v) is 3.23. The minimum atomic E-state index is -0.537. The molecule has 1 aromatic heterocycles. The number of carbonyl (C=O) groups excluding carboxylic acids is 3. The first kappa shape index (κ1) is 15.0. The SMILES string of the molecule is CN(C)C(CNC(=O)CN1C(=O)CNC1=O)c1ccco1. The van der Waals surface area contributed by atoms with E-state index in [1.165, 1.54) is 0 Å². The number of hydrogen-bond acceptors (Lipinski definition) is 5. The molecule has 1 aromatic rings. The molecule has 8 heteroatoms. The number of furan rings is 1. The maximum atomic E-state index is 11.9. The molecule has 0 aromatic carbocycles. The zero-order valence-electron chi connectivity index (χ0n) is 12.0. The number of rotatable bonds is 6. The molecular formula is C13H18N4O4. The molecule has 0 spiro atoms. The Morgan fingerprint density at radius 3 is 2.81 bits per heavy atom. The molecule has 1 aliphatic rings. The highest BCUT2D eigenvalue weighted by Gasteiger charge is 2.30. The lowest BCUT2D eigenvalue weighted by atomic mass is 10.2. The van der Waals surface area contributed by atoms with Crippen molar-refractivity contribution < 1.29 is 18.8 Å². The van der Waals surface area contributed by atoms with E-state index in [-0.39, 0.29) is 25.0 Å². The molecule has 8 nitrogen and oxygen atoms in total. The third-order valence-electron chi connectivity index (χ3n) is 3.23. The number of likely N-dealkylation sites (N-methyl/N-ethyl adjacent to an activating group) is 1. The molecule has 4 amide bonds. The van der Waals surface area contributed by atoms with Crippen molar-refractivity contribution in [1.29, 1.82) is 0 Å². The van der Waals surface area contributed by atoms with Crippen LogP contribution in [-0.2, 0) is 9.59 Å². The molecule has 1 saturated heterocycles. The number of hydrogen-bond donors (Lipinski definition) is 2. The summed E-state index contributed by atoms with van der Waals surface area (Å²) >= 11 is 0. The lowest BCUT2D eigenvalue weighted by Gasteiger charge is -2.23. The Balaban J connectivity index is 1.88. The molecule has 2 N–H and O–H groups in total. The molecule has 114 valence electrons. The maximum absolute atomic E-state index is 11.9. The second kappa shape index (κ2) is 6.40. The molecule has 1 aliphatic heterocycles. The van der Waals surface area contributed by atoms with E-state index in [2.05, 4.69) is 10.6 Å². The summed E-state index contributed by atoms with van der Waals surface area (Å²) in [6.07, 6.45) is 1.57. The Morgan fingerprint density at radius 2 is 2.29 bits per heavy atom. The number of carbonyl (C=O) groups is 3. The molecule has 0 radical (unpaired) electrons. The van der Waals surface area contributed by atoms with Crippen molar-refractivity contribution in [3.63, 3.8) is 0 Å². The molecule has 1 unspecified atom stereocenters. The van der Waals surface area contributed by atoms with E-state index in [1.54, 1.807) is 12.3 Å². The van der Waals surface area contributed by atoms with Crippen LogP contribution in [0.5, 0.6) is 0 Å². The summed E-state index contributed by atoms with van der Waals surface area (Å²) in [6, 6.07) is 2.95. The van der Waals surface area contributed by atoms with Gasteiger partial charge in [0.05, 0.1) is 18.8 Å². The summed E-state index contributed by atoms with van der Waals surface area (Å²) in [6.45, 7) is -0.00913. The summed E-state index contributed by atoms with van der Waals surface area (Å²) < 4.78 is 5.34. The van der Waals surface area contributed by atoms with E-state index in [0.717, 1.165) is 10.7 Å². The van der Waals surface area contributed by atoms with Gasteiger partial charge in [0.25, 0.3) is 5.91 Å². The number of nitrogens with zero attached hydrogens (tertiary/aromatic N) is 2. The van der Waals surface area contributed by atoms with Crippen molar-refractivity contribution in [2.75, 3.05) is 33.7 Å². The fourth-order valence-corrected chi connectivity index (χ4v) is 2.04. The van der Waals surface area contributed by atoms with Gasteiger partial charge in [-0.1, -0.05) is 0 Å². The summed E-state index contributed by atoms with van der Waals surface area (Å²) in [5.41, 5.74) is 0. The Morgan fingerprint density at radius 1 is 1.52 bits per heavy atom. The fourth-order valence-electron chi connectivity index (χ4n) is 2.04. The van der Waals surface area contributed by atoms with E-state index < -0.39 is 11.9 Å². The quantitative estimate of drug-likeness (QED) is 0.693. The number of amides is 4. The fraction of sp³-hybridized carbons (Fsp3) is 0.462. The van der Waals surface area contributed by atoms with Gasteiger partial charge in [-0.2, -0.15) is 0 Å². The molecule has 0 bridgehead atoms. The van der Waals surface area contributed by atoms with E-state index in [0.29, 0.717) is 6.54 Å². The Labute approximate surface area is 122 Å². The molecule has 0 saturated carbocycles. The van der Waals surface area contributed by atoms with Crippen LogP contribution in [0.2, 0.25) is 0 Å². The van der Waals surface area contributed by atoms with Crippen LogP contribution in [0.1, 0.15) is 11.8 Å². The average molecular weight is 294 g/mol. The maximum Gasteiger partial charge on any atom is 0.325 e. The predicted molar refractivity (Wildman–Crippen MR) is 73.3 cm³/mol. The van der Waals surface area contributed by atoms with Crippen LogP contribution >= 0.6 is 0 Å². The molecule has 2 rings (SSSR count). The van der Waals surface area contributed by atoms with Gasteiger partial charge >= 0.3 is 6.03 Å². The highest BCUT2D eigenvalue weighted by atomic mass is 16.3.